The Morgan fingerprint density at radius 3 is 2.06 bits per heavy atom. The summed E-state index contributed by atoms with van der Waals surface area (Å²) in [6.45, 7) is 12.3. The van der Waals surface area contributed by atoms with Gasteiger partial charge in [-0.25, -0.2) is 0 Å². The predicted octanol–water partition coefficient (Wildman–Crippen LogP) is 3.66. The quantitative estimate of drug-likeness (QED) is 0.864. The lowest BCUT2D eigenvalue weighted by molar-refractivity contribution is 0.0983. The fourth-order valence-electron chi connectivity index (χ4n) is 1.76. The third-order valence-electron chi connectivity index (χ3n) is 2.95. The molecule has 1 aromatic carbocycles. The van der Waals surface area contributed by atoms with Gasteiger partial charge in [-0.05, 0) is 22.5 Å². The SMILES string of the molecule is CC(C)COCC(N)c1ccc(C(C)(C)C)cc1. The Morgan fingerprint density at radius 1 is 1.06 bits per heavy atom. The molecule has 2 nitrogen and oxygen atoms in total. The molecule has 0 spiro atoms. The van der Waals surface area contributed by atoms with Crippen molar-refractivity contribution in [1.82, 2.24) is 0 Å². The van der Waals surface area contributed by atoms with Gasteiger partial charge in [0, 0.05) is 6.61 Å². The zero-order chi connectivity index (χ0) is 13.8. The highest BCUT2D eigenvalue weighted by molar-refractivity contribution is 5.29. The van der Waals surface area contributed by atoms with Gasteiger partial charge in [-0.15, -0.1) is 0 Å². The van der Waals surface area contributed by atoms with E-state index in [1.54, 1.807) is 0 Å². The number of hydrogen-bond acceptors (Lipinski definition) is 2. The van der Waals surface area contributed by atoms with E-state index in [9.17, 15) is 0 Å². The molecule has 0 aliphatic heterocycles. The summed E-state index contributed by atoms with van der Waals surface area (Å²) in [6.07, 6.45) is 0. The monoisotopic (exact) mass is 249 g/mol. The molecule has 102 valence electrons. The zero-order valence-corrected chi connectivity index (χ0v) is 12.4. The average Bonchev–Trinajstić information content (AvgIpc) is 2.27. The van der Waals surface area contributed by atoms with Gasteiger partial charge in [0.1, 0.15) is 0 Å². The van der Waals surface area contributed by atoms with Crippen LogP contribution in [0.3, 0.4) is 0 Å². The van der Waals surface area contributed by atoms with Crippen molar-refractivity contribution in [3.63, 3.8) is 0 Å². The molecule has 0 aliphatic rings. The predicted molar refractivity (Wildman–Crippen MR) is 77.7 cm³/mol. The van der Waals surface area contributed by atoms with E-state index in [2.05, 4.69) is 58.9 Å². The second kappa shape index (κ2) is 6.35. The van der Waals surface area contributed by atoms with Crippen molar-refractivity contribution in [2.45, 2.75) is 46.1 Å². The van der Waals surface area contributed by atoms with Crippen LogP contribution < -0.4 is 5.73 Å². The smallest absolute Gasteiger partial charge is 0.0659 e. The summed E-state index contributed by atoms with van der Waals surface area (Å²) in [4.78, 5) is 0. The van der Waals surface area contributed by atoms with Crippen LogP contribution in [-0.2, 0) is 10.2 Å². The van der Waals surface area contributed by atoms with E-state index in [1.165, 1.54) is 5.56 Å². The van der Waals surface area contributed by atoms with Gasteiger partial charge in [-0.3, -0.25) is 0 Å². The summed E-state index contributed by atoms with van der Waals surface area (Å²) in [7, 11) is 0. The van der Waals surface area contributed by atoms with Gasteiger partial charge >= 0.3 is 0 Å². The molecule has 18 heavy (non-hydrogen) atoms. The minimum atomic E-state index is -0.0298. The van der Waals surface area contributed by atoms with Crippen molar-refractivity contribution in [1.29, 1.82) is 0 Å². The van der Waals surface area contributed by atoms with Crippen LogP contribution >= 0.6 is 0 Å². The van der Waals surface area contributed by atoms with E-state index in [-0.39, 0.29) is 11.5 Å². The zero-order valence-electron chi connectivity index (χ0n) is 12.4. The van der Waals surface area contributed by atoms with Crippen molar-refractivity contribution >= 4 is 0 Å². The Labute approximate surface area is 112 Å². The summed E-state index contributed by atoms with van der Waals surface area (Å²) < 4.78 is 5.58. The van der Waals surface area contributed by atoms with Crippen LogP contribution in [0.1, 0.15) is 51.8 Å². The molecular weight excluding hydrogens is 222 g/mol. The highest BCUT2D eigenvalue weighted by Gasteiger charge is 2.14. The first-order chi connectivity index (χ1) is 8.30. The van der Waals surface area contributed by atoms with E-state index < -0.39 is 0 Å². The molecular formula is C16H27NO. The van der Waals surface area contributed by atoms with Gasteiger partial charge in [-0.2, -0.15) is 0 Å². The Bertz CT molecular complexity index is 348. The van der Waals surface area contributed by atoms with E-state index in [0.29, 0.717) is 12.5 Å². The van der Waals surface area contributed by atoms with Crippen LogP contribution in [0, 0.1) is 5.92 Å². The maximum atomic E-state index is 6.12. The normalized spacial score (nSPS) is 13.9. The number of ether oxygens (including phenoxy) is 1. The molecule has 1 rings (SSSR count). The summed E-state index contributed by atoms with van der Waals surface area (Å²) in [5.74, 6) is 0.556. The van der Waals surface area contributed by atoms with Gasteiger partial charge in [0.05, 0.1) is 12.6 Å². The van der Waals surface area contributed by atoms with E-state index in [1.807, 2.05) is 0 Å². The third kappa shape index (κ3) is 4.79. The van der Waals surface area contributed by atoms with Gasteiger partial charge in [0.2, 0.25) is 0 Å². The lowest BCUT2D eigenvalue weighted by atomic mass is 9.86. The van der Waals surface area contributed by atoms with Crippen molar-refractivity contribution in [2.24, 2.45) is 11.7 Å². The molecule has 0 bridgehead atoms. The second-order valence-corrected chi connectivity index (χ2v) is 6.41. The maximum Gasteiger partial charge on any atom is 0.0659 e. The highest BCUT2D eigenvalue weighted by Crippen LogP contribution is 2.23. The number of hydrogen-bond donors (Lipinski definition) is 1. The van der Waals surface area contributed by atoms with E-state index >= 15 is 0 Å². The van der Waals surface area contributed by atoms with Crippen LogP contribution in [0.5, 0.6) is 0 Å². The number of benzene rings is 1. The molecule has 0 amide bonds. The molecule has 1 aromatic rings. The average molecular weight is 249 g/mol. The van der Waals surface area contributed by atoms with Gasteiger partial charge < -0.3 is 10.5 Å². The Balaban J connectivity index is 2.56. The largest absolute Gasteiger partial charge is 0.379 e. The highest BCUT2D eigenvalue weighted by atomic mass is 16.5. The molecule has 0 radical (unpaired) electrons. The second-order valence-electron chi connectivity index (χ2n) is 6.41. The van der Waals surface area contributed by atoms with Gasteiger partial charge in [0.25, 0.3) is 0 Å². The van der Waals surface area contributed by atoms with Crippen LogP contribution in [0.25, 0.3) is 0 Å². The topological polar surface area (TPSA) is 35.2 Å². The molecule has 0 saturated heterocycles. The molecule has 0 fully saturated rings. The minimum Gasteiger partial charge on any atom is -0.379 e. The maximum absolute atomic E-state index is 6.12. The van der Waals surface area contributed by atoms with Gasteiger partial charge in [-0.1, -0.05) is 58.9 Å². The molecule has 2 N–H and O–H groups in total. The molecule has 0 heterocycles. The first-order valence-corrected chi connectivity index (χ1v) is 6.74. The summed E-state index contributed by atoms with van der Waals surface area (Å²) in [6, 6.07) is 8.53. The van der Waals surface area contributed by atoms with E-state index in [4.69, 9.17) is 10.5 Å². The summed E-state index contributed by atoms with van der Waals surface area (Å²) in [5.41, 5.74) is 8.79. The summed E-state index contributed by atoms with van der Waals surface area (Å²) >= 11 is 0. The third-order valence-corrected chi connectivity index (χ3v) is 2.95. The first-order valence-electron chi connectivity index (χ1n) is 6.74. The van der Waals surface area contributed by atoms with Crippen LogP contribution in [0.15, 0.2) is 24.3 Å². The van der Waals surface area contributed by atoms with Crippen LogP contribution in [0.2, 0.25) is 0 Å². The lowest BCUT2D eigenvalue weighted by Crippen LogP contribution is -2.19. The Hall–Kier alpha value is -0.860. The fraction of sp³-hybridized carbons (Fsp3) is 0.625. The molecule has 0 saturated carbocycles. The minimum absolute atomic E-state index is 0.0298. The molecule has 1 unspecified atom stereocenters. The number of nitrogens with two attached hydrogens (primary N) is 1. The lowest BCUT2D eigenvalue weighted by Gasteiger charge is -2.20. The Kier molecular flexibility index (Phi) is 5.36. The molecule has 1 atom stereocenters. The van der Waals surface area contributed by atoms with Gasteiger partial charge in [0.15, 0.2) is 0 Å². The van der Waals surface area contributed by atoms with Crippen molar-refractivity contribution in [2.75, 3.05) is 13.2 Å². The van der Waals surface area contributed by atoms with Crippen molar-refractivity contribution < 1.29 is 4.74 Å². The molecule has 2 heteroatoms. The molecule has 0 aromatic heterocycles. The summed E-state index contributed by atoms with van der Waals surface area (Å²) in [5, 5.41) is 0. The van der Waals surface area contributed by atoms with Crippen LogP contribution in [-0.4, -0.2) is 13.2 Å². The number of rotatable bonds is 5. The van der Waals surface area contributed by atoms with E-state index in [0.717, 1.165) is 12.2 Å². The first kappa shape index (κ1) is 15.2. The van der Waals surface area contributed by atoms with Crippen molar-refractivity contribution in [3.8, 4) is 0 Å². The van der Waals surface area contributed by atoms with Crippen molar-refractivity contribution in [3.05, 3.63) is 35.4 Å². The fourth-order valence-corrected chi connectivity index (χ4v) is 1.76. The Morgan fingerprint density at radius 2 is 1.61 bits per heavy atom. The molecule has 0 aliphatic carbocycles. The van der Waals surface area contributed by atoms with Crippen LogP contribution in [0.4, 0.5) is 0 Å². The standard InChI is InChI=1S/C16H27NO/c1-12(2)10-18-11-15(17)13-6-8-14(9-7-13)16(3,4)5/h6-9,12,15H,10-11,17H2,1-5H3.